The van der Waals surface area contributed by atoms with Crippen molar-refractivity contribution in [3.8, 4) is 10.7 Å². The van der Waals surface area contributed by atoms with Crippen molar-refractivity contribution in [3.63, 3.8) is 0 Å². The molecule has 1 N–H and O–H groups in total. The van der Waals surface area contributed by atoms with Crippen LogP contribution in [0.5, 0.6) is 0 Å². The summed E-state index contributed by atoms with van der Waals surface area (Å²) in [4.78, 5) is 30.6. The van der Waals surface area contributed by atoms with Crippen LogP contribution in [0.3, 0.4) is 0 Å². The van der Waals surface area contributed by atoms with Crippen molar-refractivity contribution in [2.75, 3.05) is 18.4 Å². The molecule has 30 heavy (non-hydrogen) atoms. The van der Waals surface area contributed by atoms with Gasteiger partial charge in [0.2, 0.25) is 17.6 Å². The molecule has 0 aliphatic carbocycles. The topological polar surface area (TPSA) is 114 Å². The van der Waals surface area contributed by atoms with Gasteiger partial charge in [0, 0.05) is 18.1 Å². The molecule has 1 saturated heterocycles. The SMILES string of the molecule is O=C(Nc1cc([N+](=O)[O-])ccc1Cl)C1CCN(Cc2nc(-c3cccs3)no2)CC1. The third-order valence-corrected chi connectivity index (χ3v) is 6.14. The van der Waals surface area contributed by atoms with E-state index in [1.54, 1.807) is 11.3 Å². The Morgan fingerprint density at radius 1 is 1.37 bits per heavy atom. The standard InChI is InChI=1S/C19H18ClN5O4S/c20-14-4-3-13(25(27)28)10-15(14)21-19(26)12-5-7-24(8-6-12)11-17-22-18(23-29-17)16-2-1-9-30-16/h1-4,9-10,12H,5-8,11H2,(H,21,26). The number of anilines is 1. The lowest BCUT2D eigenvalue weighted by Gasteiger charge is -2.30. The number of amides is 1. The molecule has 11 heteroatoms. The van der Waals surface area contributed by atoms with E-state index in [0.29, 0.717) is 44.2 Å². The molecular formula is C19H18ClN5O4S. The summed E-state index contributed by atoms with van der Waals surface area (Å²) in [5, 5.41) is 19.9. The van der Waals surface area contributed by atoms with Gasteiger partial charge in [-0.15, -0.1) is 11.3 Å². The van der Waals surface area contributed by atoms with Gasteiger partial charge in [0.05, 0.1) is 27.1 Å². The maximum atomic E-state index is 12.6. The molecule has 1 amide bonds. The Balaban J connectivity index is 1.31. The van der Waals surface area contributed by atoms with Gasteiger partial charge >= 0.3 is 0 Å². The van der Waals surface area contributed by atoms with Crippen LogP contribution in [-0.4, -0.2) is 39.0 Å². The molecule has 2 aromatic heterocycles. The van der Waals surface area contributed by atoms with Gasteiger partial charge in [-0.05, 0) is 43.4 Å². The van der Waals surface area contributed by atoms with Crippen molar-refractivity contribution < 1.29 is 14.2 Å². The van der Waals surface area contributed by atoms with E-state index in [1.807, 2.05) is 17.5 Å². The normalized spacial score (nSPS) is 15.2. The van der Waals surface area contributed by atoms with Crippen molar-refractivity contribution in [2.45, 2.75) is 19.4 Å². The Labute approximate surface area is 180 Å². The largest absolute Gasteiger partial charge is 0.338 e. The fourth-order valence-corrected chi connectivity index (χ4v) is 4.14. The Morgan fingerprint density at radius 3 is 2.87 bits per heavy atom. The monoisotopic (exact) mass is 447 g/mol. The first-order chi connectivity index (χ1) is 14.5. The van der Waals surface area contributed by atoms with Crippen molar-refractivity contribution in [1.82, 2.24) is 15.0 Å². The molecule has 1 fully saturated rings. The first-order valence-electron chi connectivity index (χ1n) is 9.33. The summed E-state index contributed by atoms with van der Waals surface area (Å²) >= 11 is 7.62. The molecular weight excluding hydrogens is 430 g/mol. The highest BCUT2D eigenvalue weighted by molar-refractivity contribution is 7.13. The number of rotatable bonds is 6. The molecule has 1 aliphatic heterocycles. The van der Waals surface area contributed by atoms with Crippen LogP contribution < -0.4 is 5.32 Å². The van der Waals surface area contributed by atoms with Crippen LogP contribution in [0.2, 0.25) is 5.02 Å². The summed E-state index contributed by atoms with van der Waals surface area (Å²) in [5.74, 6) is 0.753. The number of benzene rings is 1. The number of nitrogens with one attached hydrogen (secondary N) is 1. The number of piperidine rings is 1. The lowest BCUT2D eigenvalue weighted by molar-refractivity contribution is -0.384. The van der Waals surface area contributed by atoms with Crippen LogP contribution in [0.1, 0.15) is 18.7 Å². The summed E-state index contributed by atoms with van der Waals surface area (Å²) in [6, 6.07) is 7.87. The molecule has 1 aliphatic rings. The highest BCUT2D eigenvalue weighted by atomic mass is 35.5. The van der Waals surface area contributed by atoms with Gasteiger partial charge in [-0.1, -0.05) is 22.8 Å². The number of hydrogen-bond donors (Lipinski definition) is 1. The maximum Gasteiger partial charge on any atom is 0.271 e. The number of nitro groups is 1. The minimum atomic E-state index is -0.522. The number of carbonyl (C=O) groups is 1. The molecule has 3 aromatic rings. The fraction of sp³-hybridized carbons (Fsp3) is 0.316. The molecule has 0 radical (unpaired) electrons. The molecule has 0 unspecified atom stereocenters. The van der Waals surface area contributed by atoms with Crippen molar-refractivity contribution in [2.24, 2.45) is 5.92 Å². The van der Waals surface area contributed by atoms with E-state index in [-0.39, 0.29) is 28.2 Å². The predicted octanol–water partition coefficient (Wildman–Crippen LogP) is 4.21. The summed E-state index contributed by atoms with van der Waals surface area (Å²) < 4.78 is 5.34. The summed E-state index contributed by atoms with van der Waals surface area (Å²) in [7, 11) is 0. The third kappa shape index (κ3) is 4.66. The Morgan fingerprint density at radius 2 is 2.17 bits per heavy atom. The van der Waals surface area contributed by atoms with E-state index in [4.69, 9.17) is 16.1 Å². The zero-order chi connectivity index (χ0) is 21.1. The number of nitro benzene ring substituents is 1. The maximum absolute atomic E-state index is 12.6. The van der Waals surface area contributed by atoms with Crippen LogP contribution in [0.4, 0.5) is 11.4 Å². The summed E-state index contributed by atoms with van der Waals surface area (Å²) in [6.07, 6.45) is 1.31. The smallest absolute Gasteiger partial charge is 0.271 e. The Hall–Kier alpha value is -2.82. The lowest BCUT2D eigenvalue weighted by atomic mass is 9.96. The number of hydrogen-bond acceptors (Lipinski definition) is 8. The molecule has 0 atom stereocenters. The lowest BCUT2D eigenvalue weighted by Crippen LogP contribution is -2.37. The van der Waals surface area contributed by atoms with Crippen LogP contribution in [0.15, 0.2) is 40.2 Å². The number of carbonyl (C=O) groups excluding carboxylic acids is 1. The highest BCUT2D eigenvalue weighted by Gasteiger charge is 2.27. The zero-order valence-corrected chi connectivity index (χ0v) is 17.4. The minimum absolute atomic E-state index is 0.119. The molecule has 0 spiro atoms. The molecule has 3 heterocycles. The highest BCUT2D eigenvalue weighted by Crippen LogP contribution is 2.28. The van der Waals surface area contributed by atoms with E-state index in [0.717, 1.165) is 4.88 Å². The number of non-ortho nitro benzene ring substituents is 1. The number of nitrogens with zero attached hydrogens (tertiary/aromatic N) is 4. The van der Waals surface area contributed by atoms with E-state index in [9.17, 15) is 14.9 Å². The van der Waals surface area contributed by atoms with Gasteiger partial charge in [0.15, 0.2) is 0 Å². The van der Waals surface area contributed by atoms with E-state index in [1.165, 1.54) is 18.2 Å². The van der Waals surface area contributed by atoms with Gasteiger partial charge in [-0.3, -0.25) is 19.8 Å². The van der Waals surface area contributed by atoms with Crippen molar-refractivity contribution >= 4 is 40.2 Å². The van der Waals surface area contributed by atoms with E-state index in [2.05, 4.69) is 20.4 Å². The number of aromatic nitrogens is 2. The third-order valence-electron chi connectivity index (χ3n) is 4.95. The van der Waals surface area contributed by atoms with Crippen molar-refractivity contribution in [1.29, 1.82) is 0 Å². The van der Waals surface area contributed by atoms with Crippen molar-refractivity contribution in [3.05, 3.63) is 56.7 Å². The van der Waals surface area contributed by atoms with Gasteiger partial charge in [-0.2, -0.15) is 4.98 Å². The average molecular weight is 448 g/mol. The first kappa shape index (κ1) is 20.5. The molecule has 1 aromatic carbocycles. The second kappa shape index (κ2) is 8.90. The molecule has 0 saturated carbocycles. The van der Waals surface area contributed by atoms with Crippen LogP contribution in [-0.2, 0) is 11.3 Å². The number of halogens is 1. The summed E-state index contributed by atoms with van der Waals surface area (Å²) in [6.45, 7) is 1.94. The second-order valence-electron chi connectivity index (χ2n) is 6.95. The van der Waals surface area contributed by atoms with E-state index < -0.39 is 4.92 Å². The van der Waals surface area contributed by atoms with Crippen LogP contribution in [0, 0.1) is 16.0 Å². The van der Waals surface area contributed by atoms with E-state index >= 15 is 0 Å². The molecule has 156 valence electrons. The Bertz CT molecular complexity index is 1050. The molecule has 4 rings (SSSR count). The average Bonchev–Trinajstić information content (AvgIpc) is 3.42. The van der Waals surface area contributed by atoms with Gasteiger partial charge in [-0.25, -0.2) is 0 Å². The fourth-order valence-electron chi connectivity index (χ4n) is 3.33. The first-order valence-corrected chi connectivity index (χ1v) is 10.6. The van der Waals surface area contributed by atoms with Gasteiger partial charge < -0.3 is 9.84 Å². The van der Waals surface area contributed by atoms with Gasteiger partial charge in [0.25, 0.3) is 5.69 Å². The minimum Gasteiger partial charge on any atom is -0.338 e. The zero-order valence-electron chi connectivity index (χ0n) is 15.8. The summed E-state index contributed by atoms with van der Waals surface area (Å²) in [5.41, 5.74) is 0.135. The van der Waals surface area contributed by atoms with Crippen LogP contribution in [0.25, 0.3) is 10.7 Å². The molecule has 0 bridgehead atoms. The predicted molar refractivity (Wildman–Crippen MR) is 112 cm³/mol. The Kier molecular flexibility index (Phi) is 6.07. The molecule has 9 nitrogen and oxygen atoms in total. The number of thiophene rings is 1. The second-order valence-corrected chi connectivity index (χ2v) is 8.30. The van der Waals surface area contributed by atoms with Crippen LogP contribution >= 0.6 is 22.9 Å². The quantitative estimate of drug-likeness (QED) is 0.444. The van der Waals surface area contributed by atoms with Gasteiger partial charge in [0.1, 0.15) is 0 Å². The number of likely N-dealkylation sites (tertiary alicyclic amines) is 1.